The van der Waals surface area contributed by atoms with Crippen LogP contribution in [0.25, 0.3) is 0 Å². The van der Waals surface area contributed by atoms with Gasteiger partial charge < -0.3 is 4.84 Å². The summed E-state index contributed by atoms with van der Waals surface area (Å²) in [6.45, 7) is 3.19. The molecule has 2 heterocycles. The van der Waals surface area contributed by atoms with Crippen LogP contribution in [0.1, 0.15) is 38.5 Å². The second-order valence-electron chi connectivity index (χ2n) is 7.14. The molecule has 0 bridgehead atoms. The molecular formula is C20H28ClN3O3. The summed E-state index contributed by atoms with van der Waals surface area (Å²) in [5, 5.41) is 8.85. The number of benzene rings is 1. The first kappa shape index (κ1) is 21.7. The molecular weight excluding hydrogens is 366 g/mol. The molecule has 0 saturated carbocycles. The highest BCUT2D eigenvalue weighted by Gasteiger charge is 2.45. The monoisotopic (exact) mass is 393 g/mol. The molecule has 2 fully saturated rings. The molecule has 7 heteroatoms. The van der Waals surface area contributed by atoms with Crippen LogP contribution < -0.4 is 16.1 Å². The molecule has 0 amide bonds. The Morgan fingerprint density at radius 3 is 2.30 bits per heavy atom. The van der Waals surface area contributed by atoms with Gasteiger partial charge >= 0.3 is 5.97 Å². The minimum absolute atomic E-state index is 0. The summed E-state index contributed by atoms with van der Waals surface area (Å²) in [5.41, 5.74) is 3.03. The fourth-order valence-electron chi connectivity index (χ4n) is 4.15. The Kier molecular flexibility index (Phi) is 8.54. The van der Waals surface area contributed by atoms with E-state index in [2.05, 4.69) is 16.1 Å². The minimum atomic E-state index is -0.406. The van der Waals surface area contributed by atoms with Gasteiger partial charge in [-0.25, -0.2) is 20.9 Å². The number of hydrogen-bond donors (Lipinski definition) is 1. The largest absolute Gasteiger partial charge is 0.343 e. The summed E-state index contributed by atoms with van der Waals surface area (Å²) in [5.74, 6) is 0.175. The summed E-state index contributed by atoms with van der Waals surface area (Å²) >= 11 is 0. The number of carbonyl (C=O) groups excluding carboxylic acids is 2. The van der Waals surface area contributed by atoms with E-state index in [1.54, 1.807) is 0 Å². The molecule has 0 spiro atoms. The van der Waals surface area contributed by atoms with Gasteiger partial charge in [-0.05, 0) is 43.7 Å². The predicted molar refractivity (Wildman–Crippen MR) is 106 cm³/mol. The number of halogens is 1. The maximum Gasteiger partial charge on any atom is 0.332 e. The maximum absolute atomic E-state index is 13.1. The Morgan fingerprint density at radius 2 is 1.63 bits per heavy atom. The Hall–Kier alpha value is -1.63. The van der Waals surface area contributed by atoms with Gasteiger partial charge in [0, 0.05) is 38.0 Å². The van der Waals surface area contributed by atoms with Gasteiger partial charge in [0.15, 0.2) is 0 Å². The summed E-state index contributed by atoms with van der Waals surface area (Å²) < 4.78 is 0. The number of piperidine rings is 2. The number of rotatable bonds is 7. The molecule has 27 heavy (non-hydrogen) atoms. The van der Waals surface area contributed by atoms with Crippen LogP contribution in [0.3, 0.4) is 0 Å². The van der Waals surface area contributed by atoms with Gasteiger partial charge in [0.2, 0.25) is 0 Å². The van der Waals surface area contributed by atoms with Gasteiger partial charge in [-0.2, -0.15) is 0 Å². The van der Waals surface area contributed by atoms with E-state index in [0.29, 0.717) is 11.6 Å². The van der Waals surface area contributed by atoms with Crippen molar-refractivity contribution in [2.45, 2.75) is 38.5 Å². The molecule has 1 N–H and O–H groups in total. The number of hydrogen-bond acceptors (Lipinski definition) is 4. The first-order valence-electron chi connectivity index (χ1n) is 9.51. The molecule has 2 aliphatic heterocycles. The van der Waals surface area contributed by atoms with Crippen LogP contribution in [0.2, 0.25) is 0 Å². The zero-order valence-corrected chi connectivity index (χ0v) is 16.4. The second kappa shape index (κ2) is 10.6. The number of anilines is 1. The maximum atomic E-state index is 13.1. The number of ketones is 1. The fourth-order valence-corrected chi connectivity index (χ4v) is 4.15. The Labute approximate surface area is 167 Å². The Morgan fingerprint density at radius 1 is 1.00 bits per heavy atom. The molecule has 1 aromatic carbocycles. The van der Waals surface area contributed by atoms with Crippen molar-refractivity contribution < 1.29 is 14.4 Å². The number of carbonyl (C=O) groups is 2. The summed E-state index contributed by atoms with van der Waals surface area (Å²) in [7, 11) is 0. The van der Waals surface area contributed by atoms with Gasteiger partial charge in [-0.3, -0.25) is 4.79 Å². The van der Waals surface area contributed by atoms with E-state index < -0.39 is 5.97 Å². The highest BCUT2D eigenvalue weighted by atomic mass is 35.5. The second-order valence-corrected chi connectivity index (χ2v) is 7.14. The highest BCUT2D eigenvalue weighted by Crippen LogP contribution is 2.43. The summed E-state index contributed by atoms with van der Waals surface area (Å²) in [6, 6.07) is 9.22. The standard InChI is InChI=1S/C20H27N3O3.ClH/c24-18(6-7-19(25)26-23-17-4-2-1-3-5-17)20(10-14-22-15-11-20)16-8-12-21-13-9-16;/h1-5,16,23H,6-15H2;1H. The molecule has 0 atom stereocenters. The number of Topliss-reactive ketones (excluding diaryl/α,β-unsaturated/α-hetero) is 1. The molecule has 2 saturated heterocycles. The van der Waals surface area contributed by atoms with Crippen molar-refractivity contribution in [2.75, 3.05) is 31.7 Å². The third kappa shape index (κ3) is 5.67. The average molecular weight is 394 g/mol. The van der Waals surface area contributed by atoms with Gasteiger partial charge in [0.05, 0.1) is 12.1 Å². The first-order valence-corrected chi connectivity index (χ1v) is 9.51. The quantitative estimate of drug-likeness (QED) is 0.722. The summed E-state index contributed by atoms with van der Waals surface area (Å²) in [6.07, 6.45) is 3.93. The Bertz CT molecular complexity index is 600. The van der Waals surface area contributed by atoms with E-state index in [-0.39, 0.29) is 36.4 Å². The van der Waals surface area contributed by atoms with Crippen LogP contribution in [0.5, 0.6) is 0 Å². The van der Waals surface area contributed by atoms with Crippen molar-refractivity contribution in [1.82, 2.24) is 10.6 Å². The molecule has 148 valence electrons. The van der Waals surface area contributed by atoms with E-state index in [1.165, 1.54) is 0 Å². The van der Waals surface area contributed by atoms with Crippen molar-refractivity contribution in [2.24, 2.45) is 11.3 Å². The Balaban J connectivity index is 0.00000261. The zero-order valence-electron chi connectivity index (χ0n) is 15.6. The molecule has 6 nitrogen and oxygen atoms in total. The first-order chi connectivity index (χ1) is 12.7. The van der Waals surface area contributed by atoms with Gasteiger partial charge in [0.25, 0.3) is 0 Å². The van der Waals surface area contributed by atoms with Crippen molar-refractivity contribution in [3.05, 3.63) is 30.3 Å². The van der Waals surface area contributed by atoms with Crippen LogP contribution in [-0.4, -0.2) is 37.9 Å². The van der Waals surface area contributed by atoms with Crippen molar-refractivity contribution in [1.29, 1.82) is 0 Å². The number of nitrogens with zero attached hydrogens (tertiary/aromatic N) is 2. The molecule has 0 unspecified atom stereocenters. The van der Waals surface area contributed by atoms with Crippen LogP contribution in [-0.2, 0) is 14.4 Å². The smallest absolute Gasteiger partial charge is 0.332 e. The predicted octanol–water partition coefficient (Wildman–Crippen LogP) is 2.73. The number of para-hydroxylation sites is 1. The highest BCUT2D eigenvalue weighted by molar-refractivity contribution is 5.88. The molecule has 1 aromatic rings. The van der Waals surface area contributed by atoms with Crippen molar-refractivity contribution in [3.8, 4) is 0 Å². The average Bonchev–Trinajstić information content (AvgIpc) is 2.72. The van der Waals surface area contributed by atoms with E-state index in [4.69, 9.17) is 4.84 Å². The lowest BCUT2D eigenvalue weighted by Gasteiger charge is -2.44. The fraction of sp³-hybridized carbons (Fsp3) is 0.600. The molecule has 3 rings (SSSR count). The number of nitrogens with one attached hydrogen (secondary N) is 1. The van der Waals surface area contributed by atoms with Gasteiger partial charge in [-0.15, -0.1) is 12.4 Å². The van der Waals surface area contributed by atoms with Crippen molar-refractivity contribution in [3.63, 3.8) is 0 Å². The third-order valence-corrected chi connectivity index (χ3v) is 5.65. The molecule has 2 aliphatic rings. The van der Waals surface area contributed by atoms with Crippen molar-refractivity contribution >= 4 is 29.8 Å². The normalized spacial score (nSPS) is 19.6. The lowest BCUT2D eigenvalue weighted by atomic mass is 9.62. The lowest BCUT2D eigenvalue weighted by molar-refractivity contribution is -0.144. The lowest BCUT2D eigenvalue weighted by Crippen LogP contribution is -2.47. The van der Waals surface area contributed by atoms with Crippen LogP contribution in [0.15, 0.2) is 30.3 Å². The van der Waals surface area contributed by atoms with E-state index >= 15 is 0 Å². The SMILES string of the molecule is Cl.O=C(CCC(=O)C1(C2CC[N]CC2)CC[N]CC1)ONc1ccccc1. The van der Waals surface area contributed by atoms with Crippen LogP contribution in [0, 0.1) is 11.3 Å². The molecule has 0 aromatic heterocycles. The van der Waals surface area contributed by atoms with E-state index in [1.807, 2.05) is 30.3 Å². The van der Waals surface area contributed by atoms with Gasteiger partial charge in [0.1, 0.15) is 5.78 Å². The zero-order chi connectivity index (χ0) is 18.2. The molecule has 0 aliphatic carbocycles. The van der Waals surface area contributed by atoms with Crippen LogP contribution in [0.4, 0.5) is 5.69 Å². The third-order valence-electron chi connectivity index (χ3n) is 5.65. The van der Waals surface area contributed by atoms with Gasteiger partial charge in [-0.1, -0.05) is 18.2 Å². The summed E-state index contributed by atoms with van der Waals surface area (Å²) in [4.78, 5) is 30.2. The topological polar surface area (TPSA) is 83.6 Å². The van der Waals surface area contributed by atoms with E-state index in [0.717, 1.165) is 51.9 Å². The van der Waals surface area contributed by atoms with Crippen LogP contribution >= 0.6 is 12.4 Å². The van der Waals surface area contributed by atoms with E-state index in [9.17, 15) is 9.59 Å². The molecule has 2 radical (unpaired) electrons. The minimum Gasteiger partial charge on any atom is -0.343 e.